The third-order valence-electron chi connectivity index (χ3n) is 2.65. The van der Waals surface area contributed by atoms with Crippen molar-refractivity contribution < 1.29 is 9.53 Å². The van der Waals surface area contributed by atoms with E-state index in [1.165, 1.54) is 0 Å². The van der Waals surface area contributed by atoms with E-state index in [1.807, 2.05) is 13.8 Å². The molecule has 0 aliphatic rings. The maximum Gasteiger partial charge on any atom is 0.237 e. The largest absolute Gasteiger partial charge is 0.489 e. The van der Waals surface area contributed by atoms with Gasteiger partial charge in [0.1, 0.15) is 11.9 Å². The van der Waals surface area contributed by atoms with Gasteiger partial charge in [0, 0.05) is 5.02 Å². The third-order valence-corrected chi connectivity index (χ3v) is 2.90. The van der Waals surface area contributed by atoms with E-state index in [0.29, 0.717) is 18.0 Å². The molecule has 2 atom stereocenters. The van der Waals surface area contributed by atoms with Crippen molar-refractivity contribution in [2.24, 2.45) is 5.73 Å². The van der Waals surface area contributed by atoms with Gasteiger partial charge in [0.2, 0.25) is 5.91 Å². The van der Waals surface area contributed by atoms with Gasteiger partial charge in [-0.1, -0.05) is 24.9 Å². The number of hydrogen-bond donors (Lipinski definition) is 2. The van der Waals surface area contributed by atoms with Crippen LogP contribution < -0.4 is 15.8 Å². The Morgan fingerprint density at radius 2 is 2.00 bits per heavy atom. The normalized spacial score (nSPS) is 13.0. The summed E-state index contributed by atoms with van der Waals surface area (Å²) in [5.74, 6) is 0.595. The maximum absolute atomic E-state index is 11.6. The van der Waals surface area contributed by atoms with Crippen molar-refractivity contribution in [1.29, 1.82) is 0 Å². The molecule has 2 unspecified atom stereocenters. The van der Waals surface area contributed by atoms with Crippen molar-refractivity contribution in [2.75, 3.05) is 6.54 Å². The van der Waals surface area contributed by atoms with Crippen LogP contribution in [-0.4, -0.2) is 24.6 Å². The molecule has 0 bridgehead atoms. The Balaban J connectivity index is 0.00000361. The van der Waals surface area contributed by atoms with Crippen molar-refractivity contribution in [1.82, 2.24) is 5.32 Å². The molecule has 0 fully saturated rings. The zero-order valence-corrected chi connectivity index (χ0v) is 13.3. The Morgan fingerprint density at radius 1 is 1.40 bits per heavy atom. The van der Waals surface area contributed by atoms with Gasteiger partial charge in [-0.3, -0.25) is 4.79 Å². The van der Waals surface area contributed by atoms with Crippen LogP contribution in [0.5, 0.6) is 5.75 Å². The van der Waals surface area contributed by atoms with E-state index >= 15 is 0 Å². The maximum atomic E-state index is 11.6. The highest BCUT2D eigenvalue weighted by molar-refractivity contribution is 6.30. The number of hydrogen-bond acceptors (Lipinski definition) is 3. The van der Waals surface area contributed by atoms with Crippen LogP contribution in [0.15, 0.2) is 24.3 Å². The summed E-state index contributed by atoms with van der Waals surface area (Å²) in [7, 11) is 0. The van der Waals surface area contributed by atoms with Crippen LogP contribution in [0.1, 0.15) is 26.7 Å². The highest BCUT2D eigenvalue weighted by Crippen LogP contribution is 2.16. The van der Waals surface area contributed by atoms with E-state index in [-0.39, 0.29) is 24.4 Å². The minimum Gasteiger partial charge on any atom is -0.489 e. The monoisotopic (exact) mass is 320 g/mol. The lowest BCUT2D eigenvalue weighted by Crippen LogP contribution is -2.43. The molecular formula is C14H22Cl2N2O2. The van der Waals surface area contributed by atoms with E-state index in [1.54, 1.807) is 24.3 Å². The quantitative estimate of drug-likeness (QED) is 0.812. The highest BCUT2D eigenvalue weighted by Gasteiger charge is 2.13. The lowest BCUT2D eigenvalue weighted by Gasteiger charge is -2.17. The molecule has 0 aromatic heterocycles. The second-order valence-corrected chi connectivity index (χ2v) is 4.96. The van der Waals surface area contributed by atoms with Crippen LogP contribution in [0.25, 0.3) is 0 Å². The standard InChI is InChI=1S/C14H21ClN2O2.ClH/c1-3-4-13(16)14(18)17-9-10(2)19-12-7-5-11(15)6-8-12;/h5-8,10,13H,3-4,9,16H2,1-2H3,(H,17,18);1H. The number of benzene rings is 1. The topological polar surface area (TPSA) is 64.4 Å². The van der Waals surface area contributed by atoms with Crippen LogP contribution >= 0.6 is 24.0 Å². The first-order chi connectivity index (χ1) is 9.02. The number of nitrogens with two attached hydrogens (primary N) is 1. The number of halogens is 2. The van der Waals surface area contributed by atoms with Gasteiger partial charge in [0.25, 0.3) is 0 Å². The van der Waals surface area contributed by atoms with Crippen LogP contribution in [0, 0.1) is 0 Å². The summed E-state index contributed by atoms with van der Waals surface area (Å²) in [6.07, 6.45) is 1.46. The van der Waals surface area contributed by atoms with Gasteiger partial charge in [-0.2, -0.15) is 0 Å². The van der Waals surface area contributed by atoms with Crippen molar-refractivity contribution in [3.8, 4) is 5.75 Å². The van der Waals surface area contributed by atoms with E-state index < -0.39 is 6.04 Å². The SMILES string of the molecule is CCCC(N)C(=O)NCC(C)Oc1ccc(Cl)cc1.Cl. The van der Waals surface area contributed by atoms with Crippen LogP contribution in [0.3, 0.4) is 0 Å². The number of ether oxygens (including phenoxy) is 1. The van der Waals surface area contributed by atoms with Crippen molar-refractivity contribution >= 4 is 29.9 Å². The van der Waals surface area contributed by atoms with Crippen LogP contribution in [0.4, 0.5) is 0 Å². The molecule has 20 heavy (non-hydrogen) atoms. The first kappa shape index (κ1) is 19.0. The molecule has 0 aliphatic carbocycles. The summed E-state index contributed by atoms with van der Waals surface area (Å²) in [5, 5.41) is 3.45. The average Bonchev–Trinajstić information content (AvgIpc) is 2.39. The number of amides is 1. The number of carbonyl (C=O) groups excluding carboxylic acids is 1. The molecule has 4 nitrogen and oxygen atoms in total. The summed E-state index contributed by atoms with van der Waals surface area (Å²) in [6, 6.07) is 6.68. The zero-order valence-electron chi connectivity index (χ0n) is 11.8. The molecule has 3 N–H and O–H groups in total. The molecular weight excluding hydrogens is 299 g/mol. The van der Waals surface area contributed by atoms with Gasteiger partial charge in [0.05, 0.1) is 12.6 Å². The zero-order chi connectivity index (χ0) is 14.3. The van der Waals surface area contributed by atoms with E-state index in [0.717, 1.165) is 12.2 Å². The van der Waals surface area contributed by atoms with Gasteiger partial charge in [0.15, 0.2) is 0 Å². The minimum absolute atomic E-state index is 0. The van der Waals surface area contributed by atoms with Crippen molar-refractivity contribution in [2.45, 2.75) is 38.8 Å². The van der Waals surface area contributed by atoms with Gasteiger partial charge in [-0.15, -0.1) is 12.4 Å². The Morgan fingerprint density at radius 3 is 2.55 bits per heavy atom. The molecule has 114 valence electrons. The van der Waals surface area contributed by atoms with Gasteiger partial charge < -0.3 is 15.8 Å². The van der Waals surface area contributed by atoms with Crippen molar-refractivity contribution in [3.05, 3.63) is 29.3 Å². The second-order valence-electron chi connectivity index (χ2n) is 4.52. The summed E-state index contributed by atoms with van der Waals surface area (Å²) in [6.45, 7) is 4.32. The number of carbonyl (C=O) groups is 1. The summed E-state index contributed by atoms with van der Waals surface area (Å²) in [5.41, 5.74) is 5.72. The molecule has 1 amide bonds. The van der Waals surface area contributed by atoms with Crippen molar-refractivity contribution in [3.63, 3.8) is 0 Å². The highest BCUT2D eigenvalue weighted by atomic mass is 35.5. The van der Waals surface area contributed by atoms with Crippen LogP contribution in [0.2, 0.25) is 5.02 Å². The Bertz CT molecular complexity index is 399. The number of nitrogens with one attached hydrogen (secondary N) is 1. The Hall–Kier alpha value is -0.970. The fourth-order valence-electron chi connectivity index (χ4n) is 1.60. The molecule has 1 rings (SSSR count). The smallest absolute Gasteiger partial charge is 0.237 e. The molecule has 1 aromatic rings. The van der Waals surface area contributed by atoms with E-state index in [2.05, 4.69) is 5.32 Å². The van der Waals surface area contributed by atoms with Gasteiger partial charge in [-0.05, 0) is 37.6 Å². The second kappa shape index (κ2) is 9.86. The molecule has 0 heterocycles. The summed E-state index contributed by atoms with van der Waals surface area (Å²) < 4.78 is 5.65. The molecule has 0 aliphatic heterocycles. The molecule has 1 aromatic carbocycles. The minimum atomic E-state index is -0.437. The lowest BCUT2D eigenvalue weighted by molar-refractivity contribution is -0.122. The van der Waals surface area contributed by atoms with Gasteiger partial charge in [-0.25, -0.2) is 0 Å². The molecule has 6 heteroatoms. The van der Waals surface area contributed by atoms with Gasteiger partial charge >= 0.3 is 0 Å². The first-order valence-electron chi connectivity index (χ1n) is 6.48. The molecule has 0 spiro atoms. The first-order valence-corrected chi connectivity index (χ1v) is 6.86. The Kier molecular flexibility index (Phi) is 9.38. The average molecular weight is 321 g/mol. The van der Waals surface area contributed by atoms with Crippen LogP contribution in [-0.2, 0) is 4.79 Å². The third kappa shape index (κ3) is 6.98. The summed E-state index contributed by atoms with van der Waals surface area (Å²) in [4.78, 5) is 11.6. The molecule has 0 saturated heterocycles. The fraction of sp³-hybridized carbons (Fsp3) is 0.500. The predicted octanol–water partition coefficient (Wildman–Crippen LogP) is 2.77. The van der Waals surface area contributed by atoms with E-state index in [9.17, 15) is 4.79 Å². The molecule has 0 radical (unpaired) electrons. The predicted molar refractivity (Wildman–Crippen MR) is 84.7 cm³/mol. The van der Waals surface area contributed by atoms with E-state index in [4.69, 9.17) is 22.1 Å². The number of rotatable bonds is 7. The Labute approximate surface area is 131 Å². The fourth-order valence-corrected chi connectivity index (χ4v) is 1.73. The molecule has 0 saturated carbocycles. The lowest BCUT2D eigenvalue weighted by atomic mass is 10.1. The summed E-state index contributed by atoms with van der Waals surface area (Å²) >= 11 is 5.79.